The van der Waals surface area contributed by atoms with E-state index in [-0.39, 0.29) is 5.91 Å². The van der Waals surface area contributed by atoms with Crippen LogP contribution in [0.2, 0.25) is 0 Å². The number of nitrogens with two attached hydrogens (primary N) is 1. The Balaban J connectivity index is 2.08. The van der Waals surface area contributed by atoms with Crippen LogP contribution >= 0.6 is 0 Å². The van der Waals surface area contributed by atoms with Crippen molar-refractivity contribution in [1.82, 2.24) is 5.32 Å². The molecule has 0 saturated heterocycles. The van der Waals surface area contributed by atoms with Gasteiger partial charge < -0.3 is 15.8 Å². The highest BCUT2D eigenvalue weighted by Gasteiger charge is 2.20. The van der Waals surface area contributed by atoms with Gasteiger partial charge in [-0.05, 0) is 42.5 Å². The fraction of sp³-hybridized carbons (Fsp3) is 0.500. The molecule has 0 saturated carbocycles. The summed E-state index contributed by atoms with van der Waals surface area (Å²) in [5, 5.41) is 3.40. The van der Waals surface area contributed by atoms with Crippen LogP contribution < -0.4 is 15.8 Å². The normalized spacial score (nSPS) is 18.2. The van der Waals surface area contributed by atoms with Crippen molar-refractivity contribution in [2.45, 2.75) is 31.7 Å². The Kier molecular flexibility index (Phi) is 4.20. The van der Waals surface area contributed by atoms with Gasteiger partial charge in [-0.25, -0.2) is 0 Å². The minimum atomic E-state index is -0.260. The molecule has 0 heterocycles. The molecule has 0 bridgehead atoms. The van der Waals surface area contributed by atoms with Crippen LogP contribution in [0.25, 0.3) is 0 Å². The summed E-state index contributed by atoms with van der Waals surface area (Å²) in [6.45, 7) is 0.636. The van der Waals surface area contributed by atoms with Crippen molar-refractivity contribution in [2.75, 3.05) is 13.7 Å². The van der Waals surface area contributed by atoms with Crippen molar-refractivity contribution < 1.29 is 9.53 Å². The molecule has 1 aromatic rings. The molecule has 1 aliphatic rings. The van der Waals surface area contributed by atoms with Crippen LogP contribution in [0.3, 0.4) is 0 Å². The minimum absolute atomic E-state index is 0.260. The number of methoxy groups -OCH3 is 1. The molecule has 1 aliphatic carbocycles. The molecule has 0 aromatic heterocycles. The maximum atomic E-state index is 10.7. The zero-order chi connectivity index (χ0) is 13.0. The third kappa shape index (κ3) is 3.01. The van der Waals surface area contributed by atoms with Crippen LogP contribution in [-0.2, 0) is 11.2 Å². The third-order valence-electron chi connectivity index (χ3n) is 3.43. The maximum Gasteiger partial charge on any atom is 0.218 e. The van der Waals surface area contributed by atoms with Crippen LogP contribution in [0, 0.1) is 0 Å². The van der Waals surface area contributed by atoms with E-state index in [9.17, 15) is 4.79 Å². The summed E-state index contributed by atoms with van der Waals surface area (Å²) in [4.78, 5) is 10.7. The lowest BCUT2D eigenvalue weighted by atomic mass is 9.87. The Hall–Kier alpha value is -1.55. The number of primary amides is 1. The van der Waals surface area contributed by atoms with Gasteiger partial charge in [0, 0.05) is 19.0 Å². The summed E-state index contributed by atoms with van der Waals surface area (Å²) in [7, 11) is 1.68. The molecular formula is C14H20N2O2. The number of fused-ring (bicyclic) bond motifs is 1. The molecular weight excluding hydrogens is 228 g/mol. The number of nitrogens with one attached hydrogen (secondary N) is 1. The first-order valence-corrected chi connectivity index (χ1v) is 6.39. The Morgan fingerprint density at radius 1 is 1.56 bits per heavy atom. The Bertz CT molecular complexity index is 432. The van der Waals surface area contributed by atoms with Crippen LogP contribution in [0.4, 0.5) is 0 Å². The molecule has 4 heteroatoms. The molecule has 3 N–H and O–H groups in total. The molecule has 0 spiro atoms. The quantitative estimate of drug-likeness (QED) is 0.830. The molecule has 1 amide bonds. The van der Waals surface area contributed by atoms with Gasteiger partial charge in [-0.15, -0.1) is 0 Å². The Labute approximate surface area is 108 Å². The third-order valence-corrected chi connectivity index (χ3v) is 3.43. The van der Waals surface area contributed by atoms with Crippen molar-refractivity contribution in [3.05, 3.63) is 29.3 Å². The fourth-order valence-corrected chi connectivity index (χ4v) is 2.49. The van der Waals surface area contributed by atoms with Gasteiger partial charge in [0.2, 0.25) is 5.91 Å². The molecule has 1 aromatic carbocycles. The van der Waals surface area contributed by atoms with E-state index in [0.29, 0.717) is 19.0 Å². The summed E-state index contributed by atoms with van der Waals surface area (Å²) in [5.74, 6) is 0.626. The topological polar surface area (TPSA) is 64.3 Å². The van der Waals surface area contributed by atoms with Crippen LogP contribution in [-0.4, -0.2) is 19.6 Å². The number of ether oxygens (including phenoxy) is 1. The minimum Gasteiger partial charge on any atom is -0.497 e. The number of hydrogen-bond acceptors (Lipinski definition) is 3. The molecule has 0 fully saturated rings. The smallest absolute Gasteiger partial charge is 0.218 e. The molecule has 1 atom stereocenters. The second-order valence-corrected chi connectivity index (χ2v) is 4.68. The van der Waals surface area contributed by atoms with Gasteiger partial charge in [-0.3, -0.25) is 4.79 Å². The Morgan fingerprint density at radius 2 is 2.39 bits per heavy atom. The molecule has 1 unspecified atom stereocenters. The summed E-state index contributed by atoms with van der Waals surface area (Å²) in [6, 6.07) is 6.54. The first-order valence-electron chi connectivity index (χ1n) is 6.39. The molecule has 4 nitrogen and oxygen atoms in total. The van der Waals surface area contributed by atoms with Gasteiger partial charge in [-0.1, -0.05) is 6.07 Å². The van der Waals surface area contributed by atoms with Crippen LogP contribution in [0.1, 0.15) is 36.4 Å². The second-order valence-electron chi connectivity index (χ2n) is 4.68. The van der Waals surface area contributed by atoms with Gasteiger partial charge in [0.15, 0.2) is 0 Å². The zero-order valence-corrected chi connectivity index (χ0v) is 10.7. The zero-order valence-electron chi connectivity index (χ0n) is 10.7. The lowest BCUT2D eigenvalue weighted by Gasteiger charge is -2.26. The number of benzene rings is 1. The molecule has 98 valence electrons. The number of aryl methyl sites for hydroxylation is 1. The first-order chi connectivity index (χ1) is 8.70. The largest absolute Gasteiger partial charge is 0.497 e. The van der Waals surface area contributed by atoms with Crippen molar-refractivity contribution >= 4 is 5.91 Å². The highest BCUT2D eigenvalue weighted by Crippen LogP contribution is 2.32. The predicted octanol–water partition coefficient (Wildman–Crippen LogP) is 1.54. The summed E-state index contributed by atoms with van der Waals surface area (Å²) < 4.78 is 5.27. The van der Waals surface area contributed by atoms with E-state index >= 15 is 0 Å². The van der Waals surface area contributed by atoms with Crippen LogP contribution in [0.15, 0.2) is 18.2 Å². The van der Waals surface area contributed by atoms with E-state index < -0.39 is 0 Å². The van der Waals surface area contributed by atoms with Crippen molar-refractivity contribution in [1.29, 1.82) is 0 Å². The van der Waals surface area contributed by atoms with E-state index in [2.05, 4.69) is 17.4 Å². The fourth-order valence-electron chi connectivity index (χ4n) is 2.49. The number of amides is 1. The highest BCUT2D eigenvalue weighted by molar-refractivity contribution is 5.73. The van der Waals surface area contributed by atoms with Crippen molar-refractivity contribution in [3.63, 3.8) is 0 Å². The molecule has 0 aliphatic heterocycles. The van der Waals surface area contributed by atoms with Gasteiger partial charge in [0.25, 0.3) is 0 Å². The van der Waals surface area contributed by atoms with Crippen molar-refractivity contribution in [2.24, 2.45) is 5.73 Å². The first kappa shape index (κ1) is 12.9. The average molecular weight is 248 g/mol. The van der Waals surface area contributed by atoms with Crippen molar-refractivity contribution in [3.8, 4) is 5.75 Å². The van der Waals surface area contributed by atoms with E-state index in [1.54, 1.807) is 7.11 Å². The van der Waals surface area contributed by atoms with Gasteiger partial charge >= 0.3 is 0 Å². The Morgan fingerprint density at radius 3 is 3.11 bits per heavy atom. The average Bonchev–Trinajstić information content (AvgIpc) is 2.38. The van der Waals surface area contributed by atoms with E-state index in [1.165, 1.54) is 17.5 Å². The van der Waals surface area contributed by atoms with E-state index in [4.69, 9.17) is 10.5 Å². The maximum absolute atomic E-state index is 10.7. The summed E-state index contributed by atoms with van der Waals surface area (Å²) in [5.41, 5.74) is 7.82. The molecule has 2 rings (SSSR count). The SMILES string of the molecule is COc1ccc2c(c1)C(NCCC(N)=O)CCC2. The van der Waals surface area contributed by atoms with E-state index in [1.807, 2.05) is 6.07 Å². The molecule has 18 heavy (non-hydrogen) atoms. The number of hydrogen-bond donors (Lipinski definition) is 2. The standard InChI is InChI=1S/C14H20N2O2/c1-18-11-6-5-10-3-2-4-13(12(10)9-11)16-8-7-14(15)17/h5-6,9,13,16H,2-4,7-8H2,1H3,(H2,15,17). The summed E-state index contributed by atoms with van der Waals surface area (Å²) >= 11 is 0. The number of carbonyl (C=O) groups excluding carboxylic acids is 1. The number of carbonyl (C=O) groups is 1. The van der Waals surface area contributed by atoms with Gasteiger partial charge in [0.05, 0.1) is 7.11 Å². The van der Waals surface area contributed by atoms with E-state index in [0.717, 1.165) is 18.6 Å². The van der Waals surface area contributed by atoms with Gasteiger partial charge in [0.1, 0.15) is 5.75 Å². The summed E-state index contributed by atoms with van der Waals surface area (Å²) in [6.07, 6.45) is 3.77. The highest BCUT2D eigenvalue weighted by atomic mass is 16.5. The second kappa shape index (κ2) is 5.87. The lowest BCUT2D eigenvalue weighted by molar-refractivity contribution is -0.117. The molecule has 0 radical (unpaired) electrons. The van der Waals surface area contributed by atoms with Gasteiger partial charge in [-0.2, -0.15) is 0 Å². The van der Waals surface area contributed by atoms with Crippen LogP contribution in [0.5, 0.6) is 5.75 Å². The predicted molar refractivity (Wildman–Crippen MR) is 70.5 cm³/mol. The lowest BCUT2D eigenvalue weighted by Crippen LogP contribution is -2.28. The monoisotopic (exact) mass is 248 g/mol. The number of rotatable bonds is 5.